The third-order valence-electron chi connectivity index (χ3n) is 6.05. The van der Waals surface area contributed by atoms with Gasteiger partial charge in [-0.25, -0.2) is 18.1 Å². The summed E-state index contributed by atoms with van der Waals surface area (Å²) in [7, 11) is -3.83. The molecule has 10 heteroatoms. The molecule has 0 spiro atoms. The van der Waals surface area contributed by atoms with E-state index < -0.39 is 10.0 Å². The number of pyridine rings is 1. The van der Waals surface area contributed by atoms with E-state index in [1.165, 1.54) is 16.4 Å². The van der Waals surface area contributed by atoms with Crippen LogP contribution in [0.2, 0.25) is 0 Å². The average Bonchev–Trinajstić information content (AvgIpc) is 3.27. The van der Waals surface area contributed by atoms with Gasteiger partial charge in [-0.2, -0.15) is 14.7 Å². The van der Waals surface area contributed by atoms with Crippen molar-refractivity contribution in [2.45, 2.75) is 44.6 Å². The van der Waals surface area contributed by atoms with E-state index in [1.807, 2.05) is 44.5 Å². The van der Waals surface area contributed by atoms with Crippen LogP contribution in [-0.4, -0.2) is 64.5 Å². The highest BCUT2D eigenvalue weighted by molar-refractivity contribution is 7.89. The fourth-order valence-corrected chi connectivity index (χ4v) is 5.68. The van der Waals surface area contributed by atoms with Crippen molar-refractivity contribution in [1.29, 1.82) is 5.26 Å². The zero-order valence-electron chi connectivity index (χ0n) is 19.8. The summed E-state index contributed by atoms with van der Waals surface area (Å²) >= 11 is 0. The van der Waals surface area contributed by atoms with Gasteiger partial charge in [0.1, 0.15) is 6.07 Å². The first kappa shape index (κ1) is 23.9. The molecule has 0 atom stereocenters. The van der Waals surface area contributed by atoms with Gasteiger partial charge in [-0.1, -0.05) is 26.0 Å². The normalized spacial score (nSPS) is 15.3. The number of amides is 1. The smallest absolute Gasteiger partial charge is 0.254 e. The molecule has 0 aliphatic carbocycles. The van der Waals surface area contributed by atoms with Crippen molar-refractivity contribution >= 4 is 27.0 Å². The molecule has 4 rings (SSSR count). The van der Waals surface area contributed by atoms with Crippen molar-refractivity contribution in [2.24, 2.45) is 0 Å². The first-order valence-corrected chi connectivity index (χ1v) is 12.8. The molecule has 3 aromatic rings. The third kappa shape index (κ3) is 4.17. The van der Waals surface area contributed by atoms with E-state index >= 15 is 0 Å². The van der Waals surface area contributed by atoms with Gasteiger partial charge in [-0.05, 0) is 38.0 Å². The average molecular weight is 481 g/mol. The monoisotopic (exact) mass is 480 g/mol. The second-order valence-corrected chi connectivity index (χ2v) is 10.9. The summed E-state index contributed by atoms with van der Waals surface area (Å²) in [6.07, 6.45) is 1.68. The summed E-state index contributed by atoms with van der Waals surface area (Å²) in [6.45, 7) is 8.92. The fourth-order valence-electron chi connectivity index (χ4n) is 4.11. The second-order valence-electron chi connectivity index (χ2n) is 8.97. The lowest BCUT2D eigenvalue weighted by Gasteiger charge is -2.34. The third-order valence-corrected chi connectivity index (χ3v) is 8.01. The molecule has 34 heavy (non-hydrogen) atoms. The van der Waals surface area contributed by atoms with Crippen molar-refractivity contribution in [1.82, 2.24) is 24.0 Å². The number of carbonyl (C=O) groups is 1. The highest BCUT2D eigenvalue weighted by atomic mass is 32.2. The van der Waals surface area contributed by atoms with Gasteiger partial charge >= 0.3 is 0 Å². The maximum Gasteiger partial charge on any atom is 0.254 e. The number of fused-ring (bicyclic) bond motifs is 1. The summed E-state index contributed by atoms with van der Waals surface area (Å²) in [5.74, 6) is -0.0271. The van der Waals surface area contributed by atoms with Gasteiger partial charge in [0.15, 0.2) is 5.65 Å². The lowest BCUT2D eigenvalue weighted by Crippen LogP contribution is -2.50. The van der Waals surface area contributed by atoms with E-state index in [9.17, 15) is 18.5 Å². The number of benzene rings is 1. The molecule has 1 aromatic carbocycles. The Morgan fingerprint density at radius 2 is 1.76 bits per heavy atom. The summed E-state index contributed by atoms with van der Waals surface area (Å²) in [5, 5.41) is 14.4. The van der Waals surface area contributed by atoms with Gasteiger partial charge in [-0.15, -0.1) is 0 Å². The van der Waals surface area contributed by atoms with E-state index in [4.69, 9.17) is 4.98 Å². The number of rotatable bonds is 5. The Bertz CT molecular complexity index is 1380. The predicted octanol–water partition coefficient (Wildman–Crippen LogP) is 3.15. The summed E-state index contributed by atoms with van der Waals surface area (Å²) < 4.78 is 29.4. The predicted molar refractivity (Wildman–Crippen MR) is 128 cm³/mol. The standard InChI is InChI=1S/C24H28N6O3S/c1-16(2)21-13-19(20-15-26-30(17(3)4)23(20)27-21)24(31)28-9-11-29(12-10-28)34(32,33)22-8-6-5-7-18(22)14-25/h5-8,13,15-17H,9-12H2,1-4H3. The van der Waals surface area contributed by atoms with E-state index in [0.29, 0.717) is 16.6 Å². The fraction of sp³-hybridized carbons (Fsp3) is 0.417. The lowest BCUT2D eigenvalue weighted by atomic mass is 10.0. The number of nitriles is 1. The van der Waals surface area contributed by atoms with Crippen molar-refractivity contribution < 1.29 is 13.2 Å². The van der Waals surface area contributed by atoms with Crippen LogP contribution in [0.15, 0.2) is 41.4 Å². The van der Waals surface area contributed by atoms with Gasteiger partial charge in [0.2, 0.25) is 10.0 Å². The quantitative estimate of drug-likeness (QED) is 0.554. The Morgan fingerprint density at radius 1 is 1.09 bits per heavy atom. The minimum atomic E-state index is -3.83. The maximum absolute atomic E-state index is 13.5. The molecule has 1 aliphatic heterocycles. The van der Waals surface area contributed by atoms with Crippen LogP contribution in [0, 0.1) is 11.3 Å². The van der Waals surface area contributed by atoms with E-state index in [0.717, 1.165) is 5.69 Å². The summed E-state index contributed by atoms with van der Waals surface area (Å²) in [6, 6.07) is 10.0. The van der Waals surface area contributed by atoms with Crippen LogP contribution in [-0.2, 0) is 10.0 Å². The second kappa shape index (κ2) is 9.16. The zero-order chi connectivity index (χ0) is 24.6. The number of hydrogen-bond donors (Lipinski definition) is 0. The van der Waals surface area contributed by atoms with E-state index in [2.05, 4.69) is 5.10 Å². The Hall–Kier alpha value is -3.29. The Balaban J connectivity index is 1.60. The molecule has 0 bridgehead atoms. The van der Waals surface area contributed by atoms with Crippen LogP contribution >= 0.6 is 0 Å². The largest absolute Gasteiger partial charge is 0.336 e. The van der Waals surface area contributed by atoms with Crippen LogP contribution in [0.5, 0.6) is 0 Å². The van der Waals surface area contributed by atoms with Gasteiger partial charge < -0.3 is 4.90 Å². The molecule has 1 amide bonds. The van der Waals surface area contributed by atoms with Crippen molar-refractivity contribution in [3.8, 4) is 6.07 Å². The van der Waals surface area contributed by atoms with Gasteiger partial charge in [0, 0.05) is 37.9 Å². The van der Waals surface area contributed by atoms with E-state index in [1.54, 1.807) is 23.2 Å². The van der Waals surface area contributed by atoms with Gasteiger partial charge in [0.25, 0.3) is 5.91 Å². The number of hydrogen-bond acceptors (Lipinski definition) is 6. The molecule has 2 aromatic heterocycles. The summed E-state index contributed by atoms with van der Waals surface area (Å²) in [4.78, 5) is 20.0. The van der Waals surface area contributed by atoms with Gasteiger partial charge in [-0.3, -0.25) is 4.79 Å². The number of nitrogens with zero attached hydrogens (tertiary/aromatic N) is 6. The van der Waals surface area contributed by atoms with Crippen LogP contribution in [0.1, 0.15) is 61.3 Å². The molecule has 3 heterocycles. The summed E-state index contributed by atoms with van der Waals surface area (Å²) in [5.41, 5.74) is 2.14. The Kier molecular flexibility index (Phi) is 6.43. The number of piperazine rings is 1. The first-order valence-electron chi connectivity index (χ1n) is 11.3. The zero-order valence-corrected chi connectivity index (χ0v) is 20.6. The molecular formula is C24H28N6O3S. The number of aromatic nitrogens is 3. The van der Waals surface area contributed by atoms with Crippen LogP contribution in [0.25, 0.3) is 11.0 Å². The first-order chi connectivity index (χ1) is 16.1. The molecule has 0 radical (unpaired) electrons. The van der Waals surface area contributed by atoms with Gasteiger partial charge in [0.05, 0.1) is 27.6 Å². The Morgan fingerprint density at radius 3 is 2.38 bits per heavy atom. The topological polar surface area (TPSA) is 112 Å². The maximum atomic E-state index is 13.5. The molecule has 1 saturated heterocycles. The Labute approximate surface area is 199 Å². The van der Waals surface area contributed by atoms with Crippen LogP contribution in [0.3, 0.4) is 0 Å². The van der Waals surface area contributed by atoms with Crippen molar-refractivity contribution in [3.63, 3.8) is 0 Å². The molecule has 0 N–H and O–H groups in total. The SMILES string of the molecule is CC(C)c1cc(C(=O)N2CCN(S(=O)(=O)c3ccccc3C#N)CC2)c2cnn(C(C)C)c2n1. The molecule has 9 nitrogen and oxygen atoms in total. The molecular weight excluding hydrogens is 452 g/mol. The van der Waals surface area contributed by atoms with Crippen molar-refractivity contribution in [2.75, 3.05) is 26.2 Å². The minimum Gasteiger partial charge on any atom is -0.336 e. The number of carbonyl (C=O) groups excluding carboxylic acids is 1. The highest BCUT2D eigenvalue weighted by Crippen LogP contribution is 2.27. The molecule has 1 fully saturated rings. The van der Waals surface area contributed by atoms with E-state index in [-0.39, 0.29) is 54.5 Å². The highest BCUT2D eigenvalue weighted by Gasteiger charge is 2.32. The molecule has 0 saturated carbocycles. The van der Waals surface area contributed by atoms with Crippen molar-refractivity contribution in [3.05, 3.63) is 53.3 Å². The van der Waals surface area contributed by atoms with Crippen LogP contribution < -0.4 is 0 Å². The number of sulfonamides is 1. The molecule has 178 valence electrons. The van der Waals surface area contributed by atoms with Crippen LogP contribution in [0.4, 0.5) is 0 Å². The molecule has 0 unspecified atom stereocenters. The molecule has 1 aliphatic rings. The lowest BCUT2D eigenvalue weighted by molar-refractivity contribution is 0.0699. The minimum absolute atomic E-state index is 0.00389.